The molecule has 0 N–H and O–H groups in total. The number of Topliss-reactive ketones (excluding diaryl/α,β-unsaturated/α-hetero) is 1. The highest BCUT2D eigenvalue weighted by Crippen LogP contribution is 2.35. The first kappa shape index (κ1) is 18.2. The van der Waals surface area contributed by atoms with Crippen molar-refractivity contribution in [2.45, 2.75) is 32.1 Å². The summed E-state index contributed by atoms with van der Waals surface area (Å²) in [5.41, 5.74) is 1.52. The van der Waals surface area contributed by atoms with Gasteiger partial charge < -0.3 is 9.47 Å². The Labute approximate surface area is 164 Å². The van der Waals surface area contributed by atoms with E-state index in [4.69, 9.17) is 9.47 Å². The van der Waals surface area contributed by atoms with Crippen LogP contribution in [0, 0.1) is 5.92 Å². The van der Waals surface area contributed by atoms with Crippen LogP contribution in [0.3, 0.4) is 0 Å². The van der Waals surface area contributed by atoms with E-state index in [2.05, 4.69) is 0 Å². The predicted octanol–water partition coefficient (Wildman–Crippen LogP) is 5.34. The van der Waals surface area contributed by atoms with Crippen LogP contribution in [-0.2, 0) is 4.79 Å². The SMILES string of the molecule is O=C1/C(=C\C=C\c2ccccc2)Oc2cc(OC(=O)C3CCCCC3)ccc21. The van der Waals surface area contributed by atoms with E-state index in [1.165, 1.54) is 6.42 Å². The zero-order valence-electron chi connectivity index (χ0n) is 15.6. The van der Waals surface area contributed by atoms with Crippen LogP contribution in [0.4, 0.5) is 0 Å². The third-order valence-electron chi connectivity index (χ3n) is 5.13. The standard InChI is InChI=1S/C24H22O4/c25-23-20-15-14-19(27-24(26)18-11-5-2-6-12-18)16-22(20)28-21(23)13-7-10-17-8-3-1-4-9-17/h1,3-4,7-10,13-16,18H,2,5-6,11-12H2/b10-7+,21-13+. The highest BCUT2D eigenvalue weighted by Gasteiger charge is 2.28. The minimum absolute atomic E-state index is 0.0249. The molecule has 142 valence electrons. The molecule has 4 heteroatoms. The molecule has 4 rings (SSSR count). The number of ketones is 1. The molecular weight excluding hydrogens is 352 g/mol. The van der Waals surface area contributed by atoms with Crippen LogP contribution in [0.1, 0.15) is 48.0 Å². The molecule has 4 nitrogen and oxygen atoms in total. The Morgan fingerprint density at radius 2 is 1.82 bits per heavy atom. The van der Waals surface area contributed by atoms with Gasteiger partial charge in [-0.2, -0.15) is 0 Å². The summed E-state index contributed by atoms with van der Waals surface area (Å²) in [6.45, 7) is 0. The maximum atomic E-state index is 12.5. The quantitative estimate of drug-likeness (QED) is 0.411. The number of hydrogen-bond donors (Lipinski definition) is 0. The average molecular weight is 374 g/mol. The van der Waals surface area contributed by atoms with E-state index in [0.717, 1.165) is 31.2 Å². The maximum Gasteiger partial charge on any atom is 0.314 e. The van der Waals surface area contributed by atoms with Gasteiger partial charge >= 0.3 is 5.97 Å². The molecule has 0 spiro atoms. The average Bonchev–Trinajstić information content (AvgIpc) is 3.04. The number of allylic oxidation sites excluding steroid dienone is 3. The van der Waals surface area contributed by atoms with Gasteiger partial charge in [-0.05, 0) is 36.6 Å². The number of rotatable bonds is 4. The lowest BCUT2D eigenvalue weighted by atomic mass is 9.89. The number of carbonyl (C=O) groups is 2. The van der Waals surface area contributed by atoms with Gasteiger partial charge in [0.1, 0.15) is 11.5 Å². The van der Waals surface area contributed by atoms with E-state index in [1.54, 1.807) is 30.4 Å². The smallest absolute Gasteiger partial charge is 0.314 e. The number of carbonyl (C=O) groups excluding carboxylic acids is 2. The molecule has 0 unspecified atom stereocenters. The molecule has 0 aromatic heterocycles. The molecule has 0 saturated heterocycles. The van der Waals surface area contributed by atoms with Crippen molar-refractivity contribution in [2.75, 3.05) is 0 Å². The zero-order valence-corrected chi connectivity index (χ0v) is 15.6. The number of hydrogen-bond acceptors (Lipinski definition) is 4. The summed E-state index contributed by atoms with van der Waals surface area (Å²) in [6.07, 6.45) is 10.5. The second kappa shape index (κ2) is 8.26. The van der Waals surface area contributed by atoms with Gasteiger partial charge in [0.25, 0.3) is 0 Å². The van der Waals surface area contributed by atoms with Crippen LogP contribution in [-0.4, -0.2) is 11.8 Å². The van der Waals surface area contributed by atoms with Crippen LogP contribution < -0.4 is 9.47 Å². The van der Waals surface area contributed by atoms with Crippen molar-refractivity contribution in [3.05, 3.63) is 77.6 Å². The highest BCUT2D eigenvalue weighted by molar-refractivity contribution is 6.12. The molecule has 0 amide bonds. The first-order valence-electron chi connectivity index (χ1n) is 9.72. The first-order chi connectivity index (χ1) is 13.7. The second-order valence-electron chi connectivity index (χ2n) is 7.15. The van der Waals surface area contributed by atoms with Crippen LogP contribution >= 0.6 is 0 Å². The van der Waals surface area contributed by atoms with Gasteiger partial charge in [-0.15, -0.1) is 0 Å². The number of esters is 1. The molecule has 2 aromatic carbocycles. The van der Waals surface area contributed by atoms with E-state index < -0.39 is 0 Å². The molecule has 1 aliphatic carbocycles. The van der Waals surface area contributed by atoms with Crippen molar-refractivity contribution in [1.29, 1.82) is 0 Å². The van der Waals surface area contributed by atoms with Crippen molar-refractivity contribution in [2.24, 2.45) is 5.92 Å². The van der Waals surface area contributed by atoms with Crippen LogP contribution in [0.5, 0.6) is 11.5 Å². The van der Waals surface area contributed by atoms with E-state index >= 15 is 0 Å². The molecular formula is C24H22O4. The lowest BCUT2D eigenvalue weighted by Crippen LogP contribution is -2.22. The predicted molar refractivity (Wildman–Crippen MR) is 107 cm³/mol. The van der Waals surface area contributed by atoms with Gasteiger partial charge in [0, 0.05) is 6.07 Å². The fourth-order valence-electron chi connectivity index (χ4n) is 3.59. The van der Waals surface area contributed by atoms with Crippen molar-refractivity contribution in [3.63, 3.8) is 0 Å². The van der Waals surface area contributed by atoms with Gasteiger partial charge in [0.15, 0.2) is 5.76 Å². The van der Waals surface area contributed by atoms with Crippen molar-refractivity contribution in [1.82, 2.24) is 0 Å². The Morgan fingerprint density at radius 3 is 2.61 bits per heavy atom. The Balaban J connectivity index is 1.44. The van der Waals surface area contributed by atoms with Gasteiger partial charge in [-0.3, -0.25) is 9.59 Å². The Hall–Kier alpha value is -3.14. The van der Waals surface area contributed by atoms with Crippen molar-refractivity contribution >= 4 is 17.8 Å². The normalized spacial score (nSPS) is 18.3. The molecule has 28 heavy (non-hydrogen) atoms. The second-order valence-corrected chi connectivity index (χ2v) is 7.15. The molecule has 1 aliphatic heterocycles. The Bertz CT molecular complexity index is 934. The monoisotopic (exact) mass is 374 g/mol. The topological polar surface area (TPSA) is 52.6 Å². The molecule has 2 aromatic rings. The minimum Gasteiger partial charge on any atom is -0.452 e. The lowest BCUT2D eigenvalue weighted by Gasteiger charge is -2.19. The highest BCUT2D eigenvalue weighted by atomic mass is 16.5. The summed E-state index contributed by atoms with van der Waals surface area (Å²) in [7, 11) is 0. The van der Waals surface area contributed by atoms with Gasteiger partial charge in [-0.25, -0.2) is 0 Å². The summed E-state index contributed by atoms with van der Waals surface area (Å²) in [5.74, 6) is 0.728. The lowest BCUT2D eigenvalue weighted by molar-refractivity contribution is -0.139. The molecule has 0 bridgehead atoms. The molecule has 0 atom stereocenters. The van der Waals surface area contributed by atoms with E-state index in [9.17, 15) is 9.59 Å². The molecule has 1 saturated carbocycles. The summed E-state index contributed by atoms with van der Waals surface area (Å²) >= 11 is 0. The largest absolute Gasteiger partial charge is 0.452 e. The molecule has 1 fully saturated rings. The van der Waals surface area contributed by atoms with Gasteiger partial charge in [0.2, 0.25) is 5.78 Å². The molecule has 2 aliphatic rings. The van der Waals surface area contributed by atoms with Crippen molar-refractivity contribution < 1.29 is 19.1 Å². The summed E-state index contributed by atoms with van der Waals surface area (Å²) < 4.78 is 11.2. The van der Waals surface area contributed by atoms with Crippen LogP contribution in [0.25, 0.3) is 6.08 Å². The molecule has 1 heterocycles. The van der Waals surface area contributed by atoms with Crippen molar-refractivity contribution in [3.8, 4) is 11.5 Å². The number of fused-ring (bicyclic) bond motifs is 1. The van der Waals surface area contributed by atoms with E-state index in [1.807, 2.05) is 36.4 Å². The molecule has 0 radical (unpaired) electrons. The van der Waals surface area contributed by atoms with Gasteiger partial charge in [0.05, 0.1) is 11.5 Å². The Morgan fingerprint density at radius 1 is 1.04 bits per heavy atom. The number of ether oxygens (including phenoxy) is 2. The summed E-state index contributed by atoms with van der Waals surface area (Å²) in [6, 6.07) is 14.8. The summed E-state index contributed by atoms with van der Waals surface area (Å²) in [4.78, 5) is 24.8. The fraction of sp³-hybridized carbons (Fsp3) is 0.250. The third kappa shape index (κ3) is 4.06. The van der Waals surface area contributed by atoms with E-state index in [0.29, 0.717) is 17.1 Å². The fourth-order valence-corrected chi connectivity index (χ4v) is 3.59. The minimum atomic E-state index is -0.189. The number of benzene rings is 2. The third-order valence-corrected chi connectivity index (χ3v) is 5.13. The Kier molecular flexibility index (Phi) is 5.38. The maximum absolute atomic E-state index is 12.5. The van der Waals surface area contributed by atoms with Crippen LogP contribution in [0.15, 0.2) is 66.4 Å². The summed E-state index contributed by atoms with van der Waals surface area (Å²) in [5, 5.41) is 0. The van der Waals surface area contributed by atoms with Gasteiger partial charge in [-0.1, -0.05) is 61.7 Å². The van der Waals surface area contributed by atoms with Crippen LogP contribution in [0.2, 0.25) is 0 Å². The first-order valence-corrected chi connectivity index (χ1v) is 9.72. The zero-order chi connectivity index (χ0) is 19.3. The van der Waals surface area contributed by atoms with E-state index in [-0.39, 0.29) is 23.4 Å².